The van der Waals surface area contributed by atoms with Crippen LogP contribution in [-0.4, -0.2) is 31.1 Å². The fourth-order valence-corrected chi connectivity index (χ4v) is 1.75. The van der Waals surface area contributed by atoms with E-state index in [0.717, 1.165) is 25.2 Å². The first-order chi connectivity index (χ1) is 8.40. The zero-order valence-electron chi connectivity index (χ0n) is 10.9. The van der Waals surface area contributed by atoms with Crippen molar-refractivity contribution in [1.29, 1.82) is 0 Å². The van der Waals surface area contributed by atoms with E-state index in [4.69, 9.17) is 11.6 Å². The Morgan fingerprint density at radius 3 is 2.56 bits per heavy atom. The van der Waals surface area contributed by atoms with E-state index in [1.807, 2.05) is 11.9 Å². The maximum atomic E-state index is 13.5. The zero-order valence-corrected chi connectivity index (χ0v) is 11.7. The lowest BCUT2D eigenvalue weighted by Crippen LogP contribution is -2.32. The molecule has 0 fully saturated rings. The third-order valence-corrected chi connectivity index (χ3v) is 2.87. The molecule has 0 aliphatic heterocycles. The Kier molecular flexibility index (Phi) is 5.99. The molecule has 5 heteroatoms. The molecule has 1 rings (SSSR count). The quantitative estimate of drug-likeness (QED) is 0.804. The topological polar surface area (TPSA) is 15.3 Å². The van der Waals surface area contributed by atoms with Gasteiger partial charge in [0.2, 0.25) is 0 Å². The van der Waals surface area contributed by atoms with E-state index < -0.39 is 11.6 Å². The van der Waals surface area contributed by atoms with Crippen LogP contribution in [0.3, 0.4) is 0 Å². The van der Waals surface area contributed by atoms with Gasteiger partial charge >= 0.3 is 0 Å². The van der Waals surface area contributed by atoms with Crippen molar-refractivity contribution < 1.29 is 8.78 Å². The maximum absolute atomic E-state index is 13.5. The molecular weight excluding hydrogens is 258 g/mol. The molecule has 0 aliphatic carbocycles. The minimum Gasteiger partial charge on any atom is -0.313 e. The number of likely N-dealkylation sites (N-methyl/N-ethyl adjacent to an activating group) is 1. The summed E-state index contributed by atoms with van der Waals surface area (Å²) in [6.07, 6.45) is 0. The van der Waals surface area contributed by atoms with Gasteiger partial charge in [0.15, 0.2) is 0 Å². The monoisotopic (exact) mass is 276 g/mol. The van der Waals surface area contributed by atoms with Crippen molar-refractivity contribution >= 4 is 11.6 Å². The van der Waals surface area contributed by atoms with Crippen LogP contribution < -0.4 is 5.32 Å². The van der Waals surface area contributed by atoms with Gasteiger partial charge in [0, 0.05) is 31.2 Å². The van der Waals surface area contributed by atoms with E-state index in [-0.39, 0.29) is 5.02 Å². The van der Waals surface area contributed by atoms with Crippen LogP contribution >= 0.6 is 11.6 Å². The van der Waals surface area contributed by atoms with Gasteiger partial charge in [-0.15, -0.1) is 0 Å². The summed E-state index contributed by atoms with van der Waals surface area (Å²) in [5, 5.41) is 3.09. The normalized spacial score (nSPS) is 11.6. The van der Waals surface area contributed by atoms with Crippen LogP contribution in [0.15, 0.2) is 12.1 Å². The molecule has 0 aromatic heterocycles. The average Bonchev–Trinajstić information content (AvgIpc) is 2.25. The van der Waals surface area contributed by atoms with Crippen LogP contribution in [0.2, 0.25) is 5.02 Å². The van der Waals surface area contributed by atoms with E-state index >= 15 is 0 Å². The Bertz CT molecular complexity index is 397. The molecule has 2 nitrogen and oxygen atoms in total. The first-order valence-electron chi connectivity index (χ1n) is 5.95. The summed E-state index contributed by atoms with van der Waals surface area (Å²) in [6, 6.07) is 2.60. The van der Waals surface area contributed by atoms with Gasteiger partial charge in [-0.25, -0.2) is 8.78 Å². The molecule has 0 radical (unpaired) electrons. The van der Waals surface area contributed by atoms with Crippen molar-refractivity contribution in [2.45, 2.75) is 26.4 Å². The predicted octanol–water partition coefficient (Wildman–Crippen LogP) is 3.05. The molecule has 0 saturated heterocycles. The third kappa shape index (κ3) is 4.88. The van der Waals surface area contributed by atoms with Crippen molar-refractivity contribution in [3.8, 4) is 0 Å². The fourth-order valence-electron chi connectivity index (χ4n) is 1.60. The Morgan fingerprint density at radius 1 is 1.28 bits per heavy atom. The number of hydrogen-bond acceptors (Lipinski definition) is 2. The largest absolute Gasteiger partial charge is 0.313 e. The molecule has 0 unspecified atom stereocenters. The van der Waals surface area contributed by atoms with Gasteiger partial charge in [-0.2, -0.15) is 0 Å². The summed E-state index contributed by atoms with van der Waals surface area (Å²) in [4.78, 5) is 1.93. The molecule has 0 bridgehead atoms. The highest BCUT2D eigenvalue weighted by atomic mass is 35.5. The number of rotatable bonds is 6. The molecule has 1 N–H and O–H groups in total. The lowest BCUT2D eigenvalue weighted by atomic mass is 10.2. The lowest BCUT2D eigenvalue weighted by Gasteiger charge is -2.18. The first kappa shape index (κ1) is 15.3. The summed E-state index contributed by atoms with van der Waals surface area (Å²) < 4.78 is 26.8. The average molecular weight is 277 g/mol. The van der Waals surface area contributed by atoms with Gasteiger partial charge in [-0.3, -0.25) is 0 Å². The summed E-state index contributed by atoms with van der Waals surface area (Å²) >= 11 is 5.50. The number of nitrogens with one attached hydrogen (secondary N) is 1. The predicted molar refractivity (Wildman–Crippen MR) is 70.8 cm³/mol. The summed E-state index contributed by atoms with van der Waals surface area (Å²) in [7, 11) is 1.87. The van der Waals surface area contributed by atoms with E-state index in [1.165, 1.54) is 0 Å². The zero-order chi connectivity index (χ0) is 13.7. The highest BCUT2D eigenvalue weighted by Gasteiger charge is 2.10. The van der Waals surface area contributed by atoms with Crippen LogP contribution in [0, 0.1) is 11.6 Å². The highest BCUT2D eigenvalue weighted by Crippen LogP contribution is 2.20. The minimum absolute atomic E-state index is 0.180. The van der Waals surface area contributed by atoms with E-state index in [1.54, 1.807) is 0 Å². The van der Waals surface area contributed by atoms with Crippen LogP contribution in [0.1, 0.15) is 19.4 Å². The third-order valence-electron chi connectivity index (χ3n) is 2.58. The second kappa shape index (κ2) is 7.02. The van der Waals surface area contributed by atoms with E-state index in [2.05, 4.69) is 19.2 Å². The molecule has 18 heavy (non-hydrogen) atoms. The Hall–Kier alpha value is -0.710. The molecular formula is C13H19ClF2N2. The van der Waals surface area contributed by atoms with Crippen LogP contribution in [0.25, 0.3) is 0 Å². The summed E-state index contributed by atoms with van der Waals surface area (Å²) in [5.74, 6) is -1.05. The Labute approximate surface area is 112 Å². The maximum Gasteiger partial charge on any atom is 0.142 e. The second-order valence-corrected chi connectivity index (χ2v) is 5.11. The highest BCUT2D eigenvalue weighted by molar-refractivity contribution is 6.30. The Balaban J connectivity index is 2.54. The minimum atomic E-state index is -0.582. The van der Waals surface area contributed by atoms with Crippen molar-refractivity contribution in [2.75, 3.05) is 20.1 Å². The number of nitrogens with zero attached hydrogens (tertiary/aromatic N) is 1. The molecule has 0 heterocycles. The summed E-state index contributed by atoms with van der Waals surface area (Å²) in [5.41, 5.74) is 0.323. The fraction of sp³-hybridized carbons (Fsp3) is 0.538. The molecule has 0 spiro atoms. The summed E-state index contributed by atoms with van der Waals surface area (Å²) in [6.45, 7) is 6.07. The van der Waals surface area contributed by atoms with Gasteiger partial charge in [0.05, 0.1) is 5.02 Å². The first-order valence-corrected chi connectivity index (χ1v) is 6.33. The Morgan fingerprint density at radius 2 is 1.94 bits per heavy atom. The van der Waals surface area contributed by atoms with Crippen molar-refractivity contribution in [1.82, 2.24) is 10.2 Å². The van der Waals surface area contributed by atoms with Gasteiger partial charge in [-0.1, -0.05) is 25.4 Å². The van der Waals surface area contributed by atoms with E-state index in [0.29, 0.717) is 18.2 Å². The molecule has 0 atom stereocenters. The lowest BCUT2D eigenvalue weighted by molar-refractivity contribution is 0.314. The van der Waals surface area contributed by atoms with Gasteiger partial charge in [0.1, 0.15) is 11.6 Å². The molecule has 0 aliphatic rings. The number of hydrogen-bond donors (Lipinski definition) is 1. The van der Waals surface area contributed by atoms with Gasteiger partial charge in [0.25, 0.3) is 0 Å². The standard InChI is InChI=1S/C13H19ClF2N2/c1-9(2)17-4-5-18(3)8-10-6-13(16)11(14)7-12(10)15/h6-7,9,17H,4-5,8H2,1-3H3. The molecule has 1 aromatic rings. The van der Waals surface area contributed by atoms with Crippen LogP contribution in [0.5, 0.6) is 0 Å². The molecule has 102 valence electrons. The number of benzene rings is 1. The second-order valence-electron chi connectivity index (χ2n) is 4.70. The SMILES string of the molecule is CC(C)NCCN(C)Cc1cc(F)c(Cl)cc1F. The van der Waals surface area contributed by atoms with Gasteiger partial charge < -0.3 is 10.2 Å². The van der Waals surface area contributed by atoms with Crippen LogP contribution in [-0.2, 0) is 6.54 Å². The van der Waals surface area contributed by atoms with E-state index in [9.17, 15) is 8.78 Å². The molecule has 0 saturated carbocycles. The van der Waals surface area contributed by atoms with Crippen molar-refractivity contribution in [2.24, 2.45) is 0 Å². The van der Waals surface area contributed by atoms with Crippen LogP contribution in [0.4, 0.5) is 8.78 Å². The number of halogens is 3. The van der Waals surface area contributed by atoms with Crippen molar-refractivity contribution in [3.05, 3.63) is 34.4 Å². The molecule has 1 aromatic carbocycles. The smallest absolute Gasteiger partial charge is 0.142 e. The van der Waals surface area contributed by atoms with Crippen molar-refractivity contribution in [3.63, 3.8) is 0 Å². The molecule has 0 amide bonds. The van der Waals surface area contributed by atoms with Gasteiger partial charge in [-0.05, 0) is 19.2 Å².